The van der Waals surface area contributed by atoms with Gasteiger partial charge in [-0.15, -0.1) is 0 Å². The highest BCUT2D eigenvalue weighted by Gasteiger charge is 2.44. The number of fused-ring (bicyclic) bond motifs is 1. The van der Waals surface area contributed by atoms with Gasteiger partial charge in [0.25, 0.3) is 0 Å². The molecule has 0 bridgehead atoms. The fourth-order valence-electron chi connectivity index (χ4n) is 2.56. The fourth-order valence-corrected chi connectivity index (χ4v) is 2.56. The number of hydrogen-bond donors (Lipinski definition) is 4. The second kappa shape index (κ2) is 5.08. The zero-order valence-corrected chi connectivity index (χ0v) is 11.0. The maximum absolute atomic E-state index is 12.1. The third-order valence-corrected chi connectivity index (χ3v) is 3.63. The molecule has 0 spiro atoms. The van der Waals surface area contributed by atoms with E-state index in [1.54, 1.807) is 24.3 Å². The number of aliphatic hydroxyl groups is 3. The van der Waals surface area contributed by atoms with Crippen LogP contribution in [-0.2, 0) is 4.74 Å². The number of aromatic nitrogens is 2. The summed E-state index contributed by atoms with van der Waals surface area (Å²) >= 11 is 0. The summed E-state index contributed by atoms with van der Waals surface area (Å²) in [6, 6.07) is 6.78. The Morgan fingerprint density at radius 1 is 1.29 bits per heavy atom. The number of rotatable bonds is 2. The zero-order valence-electron chi connectivity index (χ0n) is 11.0. The van der Waals surface area contributed by atoms with E-state index in [1.807, 2.05) is 0 Å². The van der Waals surface area contributed by atoms with E-state index >= 15 is 0 Å². The van der Waals surface area contributed by atoms with Gasteiger partial charge in [0.15, 0.2) is 6.23 Å². The molecular weight excluding hydrogens is 278 g/mol. The molecule has 1 aromatic carbocycles. The lowest BCUT2D eigenvalue weighted by molar-refractivity contribution is -0.0527. The quantitative estimate of drug-likeness (QED) is 0.535. The van der Waals surface area contributed by atoms with Gasteiger partial charge in [-0.25, -0.2) is 4.79 Å². The van der Waals surface area contributed by atoms with Gasteiger partial charge >= 0.3 is 5.69 Å². The number of para-hydroxylation sites is 1. The van der Waals surface area contributed by atoms with E-state index in [4.69, 9.17) is 15.6 Å². The van der Waals surface area contributed by atoms with Crippen molar-refractivity contribution in [1.29, 1.82) is 0 Å². The number of nitrogens with two attached hydrogens (primary N) is 1. The summed E-state index contributed by atoms with van der Waals surface area (Å²) in [5, 5.41) is 29.5. The molecule has 112 valence electrons. The molecular formula is C13H15N3O5. The minimum Gasteiger partial charge on any atom is -0.394 e. The van der Waals surface area contributed by atoms with Crippen LogP contribution in [0.1, 0.15) is 6.23 Å². The van der Waals surface area contributed by atoms with Gasteiger partial charge in [0.2, 0.25) is 0 Å². The number of benzene rings is 1. The number of ether oxygens (including phenoxy) is 1. The Hall–Kier alpha value is -2.00. The highest BCUT2D eigenvalue weighted by atomic mass is 16.6. The summed E-state index contributed by atoms with van der Waals surface area (Å²) in [6.45, 7) is -0.468. The lowest BCUT2D eigenvalue weighted by Crippen LogP contribution is -2.36. The Morgan fingerprint density at radius 2 is 2.00 bits per heavy atom. The van der Waals surface area contributed by atoms with Gasteiger partial charge in [0.05, 0.1) is 12.1 Å². The van der Waals surface area contributed by atoms with Crippen LogP contribution in [0.2, 0.25) is 0 Å². The molecule has 1 fully saturated rings. The molecule has 8 nitrogen and oxygen atoms in total. The van der Waals surface area contributed by atoms with Crippen molar-refractivity contribution in [3.63, 3.8) is 0 Å². The molecule has 21 heavy (non-hydrogen) atoms. The van der Waals surface area contributed by atoms with Crippen molar-refractivity contribution in [1.82, 2.24) is 9.55 Å². The average molecular weight is 293 g/mol. The second-order valence-electron chi connectivity index (χ2n) is 4.90. The molecule has 2 heterocycles. The van der Waals surface area contributed by atoms with Crippen LogP contribution in [0.25, 0.3) is 10.9 Å². The lowest BCUT2D eigenvalue weighted by atomic mass is 10.1. The molecule has 1 aromatic heterocycles. The van der Waals surface area contributed by atoms with Gasteiger partial charge in [-0.3, -0.25) is 4.57 Å². The molecule has 1 aliphatic heterocycles. The molecule has 1 saturated heterocycles. The monoisotopic (exact) mass is 293 g/mol. The van der Waals surface area contributed by atoms with Crippen LogP contribution in [-0.4, -0.2) is 49.8 Å². The largest absolute Gasteiger partial charge is 0.394 e. The molecule has 0 radical (unpaired) electrons. The first-order chi connectivity index (χ1) is 10.0. The molecule has 0 amide bonds. The van der Waals surface area contributed by atoms with Crippen molar-refractivity contribution in [2.45, 2.75) is 24.5 Å². The summed E-state index contributed by atoms with van der Waals surface area (Å²) in [5.41, 5.74) is 5.46. The minimum absolute atomic E-state index is 0.0820. The van der Waals surface area contributed by atoms with Gasteiger partial charge < -0.3 is 25.8 Å². The SMILES string of the molecule is Nc1nc(=O)n(C2OC(CO)C(O)C2O)c2ccccc12. The summed E-state index contributed by atoms with van der Waals surface area (Å²) in [7, 11) is 0. The Balaban J connectivity index is 2.20. The van der Waals surface area contributed by atoms with E-state index in [2.05, 4.69) is 4.98 Å². The maximum atomic E-state index is 12.1. The minimum atomic E-state index is -1.35. The van der Waals surface area contributed by atoms with Crippen molar-refractivity contribution < 1.29 is 20.1 Å². The Kier molecular flexibility index (Phi) is 3.38. The summed E-state index contributed by atoms with van der Waals surface area (Å²) in [4.78, 5) is 15.8. The van der Waals surface area contributed by atoms with Crippen molar-refractivity contribution >= 4 is 16.7 Å². The van der Waals surface area contributed by atoms with E-state index in [9.17, 15) is 15.0 Å². The number of nitrogen functional groups attached to an aromatic ring is 1. The fraction of sp³-hybridized carbons (Fsp3) is 0.385. The highest BCUT2D eigenvalue weighted by molar-refractivity contribution is 5.88. The van der Waals surface area contributed by atoms with Crippen molar-refractivity contribution in [2.75, 3.05) is 12.3 Å². The predicted octanol–water partition coefficient (Wildman–Crippen LogP) is -1.41. The number of anilines is 1. The van der Waals surface area contributed by atoms with Crippen LogP contribution >= 0.6 is 0 Å². The zero-order chi connectivity index (χ0) is 15.1. The molecule has 4 unspecified atom stereocenters. The lowest BCUT2D eigenvalue weighted by Gasteiger charge is -2.19. The van der Waals surface area contributed by atoms with Gasteiger partial charge in [-0.1, -0.05) is 12.1 Å². The Labute approximate surface area is 119 Å². The van der Waals surface area contributed by atoms with Gasteiger partial charge in [0.1, 0.15) is 24.1 Å². The molecule has 4 atom stereocenters. The van der Waals surface area contributed by atoms with Crippen molar-refractivity contribution in [3.8, 4) is 0 Å². The summed E-state index contributed by atoms with van der Waals surface area (Å²) in [5.74, 6) is 0.0820. The smallest absolute Gasteiger partial charge is 0.352 e. The number of nitrogens with zero attached hydrogens (tertiary/aromatic N) is 2. The average Bonchev–Trinajstić information content (AvgIpc) is 2.75. The molecule has 5 N–H and O–H groups in total. The third-order valence-electron chi connectivity index (χ3n) is 3.63. The predicted molar refractivity (Wildman–Crippen MR) is 73.4 cm³/mol. The molecule has 0 saturated carbocycles. The highest BCUT2D eigenvalue weighted by Crippen LogP contribution is 2.31. The summed E-state index contributed by atoms with van der Waals surface area (Å²) < 4.78 is 6.52. The number of aliphatic hydroxyl groups excluding tert-OH is 3. The van der Waals surface area contributed by atoms with Crippen LogP contribution < -0.4 is 11.4 Å². The summed E-state index contributed by atoms with van der Waals surface area (Å²) in [6.07, 6.45) is -4.74. The molecule has 1 aliphatic rings. The van der Waals surface area contributed by atoms with Crippen LogP contribution in [0.5, 0.6) is 0 Å². The maximum Gasteiger partial charge on any atom is 0.352 e. The van der Waals surface area contributed by atoms with Crippen LogP contribution in [0.3, 0.4) is 0 Å². The molecule has 0 aliphatic carbocycles. The van der Waals surface area contributed by atoms with E-state index in [0.29, 0.717) is 10.9 Å². The Morgan fingerprint density at radius 3 is 2.67 bits per heavy atom. The molecule has 3 rings (SSSR count). The topological polar surface area (TPSA) is 131 Å². The normalized spacial score (nSPS) is 29.1. The Bertz CT molecular complexity index is 731. The molecule has 8 heteroatoms. The van der Waals surface area contributed by atoms with Crippen LogP contribution in [0.4, 0.5) is 5.82 Å². The van der Waals surface area contributed by atoms with Crippen LogP contribution in [0.15, 0.2) is 29.1 Å². The van der Waals surface area contributed by atoms with E-state index in [-0.39, 0.29) is 5.82 Å². The van der Waals surface area contributed by atoms with Gasteiger partial charge in [-0.2, -0.15) is 4.98 Å². The van der Waals surface area contributed by atoms with E-state index < -0.39 is 36.8 Å². The first-order valence-electron chi connectivity index (χ1n) is 6.44. The number of hydrogen-bond acceptors (Lipinski definition) is 7. The second-order valence-corrected chi connectivity index (χ2v) is 4.90. The van der Waals surface area contributed by atoms with Crippen molar-refractivity contribution in [3.05, 3.63) is 34.7 Å². The first-order valence-corrected chi connectivity index (χ1v) is 6.44. The van der Waals surface area contributed by atoms with Gasteiger partial charge in [-0.05, 0) is 12.1 Å². The van der Waals surface area contributed by atoms with E-state index in [0.717, 1.165) is 4.57 Å². The van der Waals surface area contributed by atoms with Crippen molar-refractivity contribution in [2.24, 2.45) is 0 Å². The van der Waals surface area contributed by atoms with Gasteiger partial charge in [0, 0.05) is 5.39 Å². The van der Waals surface area contributed by atoms with Crippen LogP contribution in [0, 0.1) is 0 Å². The molecule has 2 aromatic rings. The standard InChI is InChI=1S/C13H15N3O5/c14-11-6-3-1-2-4-7(6)16(13(20)15-11)12-10(19)9(18)8(5-17)21-12/h1-4,8-10,12,17-19H,5H2,(H2,14,15,20). The van der Waals surface area contributed by atoms with E-state index in [1.165, 1.54) is 0 Å². The third kappa shape index (κ3) is 2.09. The first kappa shape index (κ1) is 14.0.